The van der Waals surface area contributed by atoms with Crippen LogP contribution in [0.3, 0.4) is 0 Å². The molecule has 1 aromatic rings. The van der Waals surface area contributed by atoms with E-state index in [9.17, 15) is 9.59 Å². The van der Waals surface area contributed by atoms with Gasteiger partial charge in [0.15, 0.2) is 5.82 Å². The van der Waals surface area contributed by atoms with E-state index in [2.05, 4.69) is 9.97 Å². The van der Waals surface area contributed by atoms with Gasteiger partial charge in [0.1, 0.15) is 11.5 Å². The molecule has 15 heavy (non-hydrogen) atoms. The number of aromatic nitrogens is 2. The summed E-state index contributed by atoms with van der Waals surface area (Å²) in [6.07, 6.45) is 2.31. The maximum absolute atomic E-state index is 11.2. The van der Waals surface area contributed by atoms with Crippen LogP contribution in [0, 0.1) is 0 Å². The SMILES string of the molecule is Nc1c(N2CCC(=O)CC2)nc[nH]c1=O. The van der Waals surface area contributed by atoms with Crippen molar-refractivity contribution in [2.45, 2.75) is 12.8 Å². The third-order valence-electron chi connectivity index (χ3n) is 2.49. The number of aromatic amines is 1. The minimum Gasteiger partial charge on any atom is -0.391 e. The van der Waals surface area contributed by atoms with Gasteiger partial charge in [0.05, 0.1) is 6.33 Å². The zero-order chi connectivity index (χ0) is 10.8. The lowest BCUT2D eigenvalue weighted by molar-refractivity contribution is -0.119. The number of anilines is 2. The smallest absolute Gasteiger partial charge is 0.276 e. The maximum Gasteiger partial charge on any atom is 0.276 e. The van der Waals surface area contributed by atoms with E-state index >= 15 is 0 Å². The third-order valence-corrected chi connectivity index (χ3v) is 2.49. The van der Waals surface area contributed by atoms with Gasteiger partial charge in [-0.2, -0.15) is 0 Å². The Balaban J connectivity index is 2.26. The van der Waals surface area contributed by atoms with E-state index in [1.165, 1.54) is 6.33 Å². The first-order chi connectivity index (χ1) is 7.18. The lowest BCUT2D eigenvalue weighted by Crippen LogP contribution is -2.36. The van der Waals surface area contributed by atoms with Crippen LogP contribution in [0.25, 0.3) is 0 Å². The molecule has 2 heterocycles. The number of H-pyrrole nitrogens is 1. The molecule has 6 heteroatoms. The molecule has 1 aromatic heterocycles. The summed E-state index contributed by atoms with van der Waals surface area (Å²) in [5.41, 5.74) is 5.40. The highest BCUT2D eigenvalue weighted by Crippen LogP contribution is 2.18. The molecule has 0 bridgehead atoms. The van der Waals surface area contributed by atoms with Gasteiger partial charge in [0.25, 0.3) is 5.56 Å². The predicted molar refractivity (Wildman–Crippen MR) is 55.7 cm³/mol. The number of carbonyl (C=O) groups excluding carboxylic acids is 1. The Kier molecular flexibility index (Phi) is 2.40. The second-order valence-electron chi connectivity index (χ2n) is 3.49. The minimum atomic E-state index is -0.336. The topological polar surface area (TPSA) is 92.1 Å². The summed E-state index contributed by atoms with van der Waals surface area (Å²) in [6.45, 7) is 1.17. The zero-order valence-corrected chi connectivity index (χ0v) is 8.19. The van der Waals surface area contributed by atoms with E-state index in [1.54, 1.807) is 0 Å². The number of nitrogen functional groups attached to an aromatic ring is 1. The molecule has 0 radical (unpaired) electrons. The van der Waals surface area contributed by atoms with Crippen LogP contribution in [0.2, 0.25) is 0 Å². The predicted octanol–water partition coefficient (Wildman–Crippen LogP) is -0.479. The van der Waals surface area contributed by atoms with E-state index in [0.29, 0.717) is 31.7 Å². The van der Waals surface area contributed by atoms with Crippen molar-refractivity contribution in [2.75, 3.05) is 23.7 Å². The molecule has 1 aliphatic rings. The first-order valence-electron chi connectivity index (χ1n) is 4.78. The van der Waals surface area contributed by atoms with Crippen molar-refractivity contribution in [3.63, 3.8) is 0 Å². The molecule has 0 aliphatic carbocycles. The third kappa shape index (κ3) is 1.83. The van der Waals surface area contributed by atoms with Crippen LogP contribution >= 0.6 is 0 Å². The number of nitrogens with one attached hydrogen (secondary N) is 1. The van der Waals surface area contributed by atoms with E-state index in [4.69, 9.17) is 5.73 Å². The molecular formula is C9H12N4O2. The summed E-state index contributed by atoms with van der Waals surface area (Å²) in [6, 6.07) is 0. The van der Waals surface area contributed by atoms with Crippen molar-refractivity contribution < 1.29 is 4.79 Å². The quantitative estimate of drug-likeness (QED) is 0.650. The van der Waals surface area contributed by atoms with Gasteiger partial charge in [-0.1, -0.05) is 0 Å². The Morgan fingerprint density at radius 1 is 1.33 bits per heavy atom. The van der Waals surface area contributed by atoms with Crippen molar-refractivity contribution in [1.29, 1.82) is 0 Å². The standard InChI is InChI=1S/C9H12N4O2/c10-7-8(11-5-12-9(7)15)13-3-1-6(14)2-4-13/h5H,1-4,10H2,(H,11,12,15). The van der Waals surface area contributed by atoms with Crippen molar-refractivity contribution in [3.05, 3.63) is 16.7 Å². The lowest BCUT2D eigenvalue weighted by Gasteiger charge is -2.27. The number of rotatable bonds is 1. The Labute approximate surface area is 86.1 Å². The number of nitrogens with zero attached hydrogens (tertiary/aromatic N) is 2. The number of hydrogen-bond acceptors (Lipinski definition) is 5. The van der Waals surface area contributed by atoms with Gasteiger partial charge in [-0.05, 0) is 0 Å². The van der Waals surface area contributed by atoms with Crippen molar-refractivity contribution in [1.82, 2.24) is 9.97 Å². The molecule has 1 fully saturated rings. The van der Waals surface area contributed by atoms with Crippen molar-refractivity contribution in [3.8, 4) is 0 Å². The molecule has 0 unspecified atom stereocenters. The monoisotopic (exact) mass is 208 g/mol. The fourth-order valence-corrected chi connectivity index (χ4v) is 1.62. The molecule has 6 nitrogen and oxygen atoms in total. The van der Waals surface area contributed by atoms with Gasteiger partial charge in [-0.3, -0.25) is 9.59 Å². The molecule has 80 valence electrons. The molecule has 0 aromatic carbocycles. The largest absolute Gasteiger partial charge is 0.391 e. The molecule has 3 N–H and O–H groups in total. The summed E-state index contributed by atoms with van der Waals surface area (Å²) >= 11 is 0. The fourth-order valence-electron chi connectivity index (χ4n) is 1.62. The number of Topliss-reactive ketones (excluding diaryl/α,β-unsaturated/α-hetero) is 1. The van der Waals surface area contributed by atoms with Gasteiger partial charge < -0.3 is 15.6 Å². The van der Waals surface area contributed by atoms with Crippen molar-refractivity contribution >= 4 is 17.3 Å². The van der Waals surface area contributed by atoms with Crippen LogP contribution in [-0.4, -0.2) is 28.8 Å². The van der Waals surface area contributed by atoms with Gasteiger partial charge in [0, 0.05) is 25.9 Å². The molecule has 0 saturated carbocycles. The van der Waals surface area contributed by atoms with Crippen LogP contribution < -0.4 is 16.2 Å². The Hall–Kier alpha value is -1.85. The van der Waals surface area contributed by atoms with Crippen LogP contribution in [-0.2, 0) is 4.79 Å². The Morgan fingerprint density at radius 2 is 2.00 bits per heavy atom. The van der Waals surface area contributed by atoms with Gasteiger partial charge >= 0.3 is 0 Å². The van der Waals surface area contributed by atoms with Crippen LogP contribution in [0.1, 0.15) is 12.8 Å². The van der Waals surface area contributed by atoms with Crippen LogP contribution in [0.5, 0.6) is 0 Å². The van der Waals surface area contributed by atoms with E-state index in [0.717, 1.165) is 0 Å². The first-order valence-corrected chi connectivity index (χ1v) is 4.78. The summed E-state index contributed by atoms with van der Waals surface area (Å²) in [5, 5.41) is 0. The number of piperidine rings is 1. The summed E-state index contributed by atoms with van der Waals surface area (Å²) < 4.78 is 0. The van der Waals surface area contributed by atoms with Crippen LogP contribution in [0.4, 0.5) is 11.5 Å². The molecule has 0 atom stereocenters. The van der Waals surface area contributed by atoms with Crippen molar-refractivity contribution in [2.24, 2.45) is 0 Å². The highest BCUT2D eigenvalue weighted by Gasteiger charge is 2.19. The summed E-state index contributed by atoms with van der Waals surface area (Å²) in [7, 11) is 0. The second kappa shape index (κ2) is 3.72. The number of nitrogens with two attached hydrogens (primary N) is 1. The fraction of sp³-hybridized carbons (Fsp3) is 0.444. The maximum atomic E-state index is 11.2. The molecule has 0 spiro atoms. The number of ketones is 1. The van der Waals surface area contributed by atoms with Gasteiger partial charge in [-0.25, -0.2) is 4.98 Å². The van der Waals surface area contributed by atoms with E-state index in [-0.39, 0.29) is 17.0 Å². The highest BCUT2D eigenvalue weighted by molar-refractivity contribution is 5.81. The second-order valence-corrected chi connectivity index (χ2v) is 3.49. The average molecular weight is 208 g/mol. The van der Waals surface area contributed by atoms with Gasteiger partial charge in [-0.15, -0.1) is 0 Å². The van der Waals surface area contributed by atoms with E-state index < -0.39 is 0 Å². The van der Waals surface area contributed by atoms with E-state index in [1.807, 2.05) is 4.90 Å². The summed E-state index contributed by atoms with van der Waals surface area (Å²) in [5.74, 6) is 0.723. The zero-order valence-electron chi connectivity index (χ0n) is 8.19. The minimum absolute atomic E-state index is 0.117. The first kappa shape index (κ1) is 9.70. The lowest BCUT2D eigenvalue weighted by atomic mass is 10.1. The highest BCUT2D eigenvalue weighted by atomic mass is 16.1. The molecule has 1 saturated heterocycles. The number of hydrogen-bond donors (Lipinski definition) is 2. The number of carbonyl (C=O) groups is 1. The normalized spacial score (nSPS) is 16.8. The Morgan fingerprint density at radius 3 is 2.67 bits per heavy atom. The molecule has 2 rings (SSSR count). The average Bonchev–Trinajstić information content (AvgIpc) is 2.24. The molecule has 0 amide bonds. The molecule has 1 aliphatic heterocycles. The summed E-state index contributed by atoms with van der Waals surface area (Å²) in [4.78, 5) is 30.6. The van der Waals surface area contributed by atoms with Gasteiger partial charge in [0.2, 0.25) is 0 Å². The van der Waals surface area contributed by atoms with Crippen LogP contribution in [0.15, 0.2) is 11.1 Å². The molecular weight excluding hydrogens is 196 g/mol. The Bertz CT molecular complexity index is 430.